The Hall–Kier alpha value is -2.75. The molecule has 2 nitrogen and oxygen atoms in total. The molecule has 0 amide bonds. The quantitative estimate of drug-likeness (QED) is 0.666. The Morgan fingerprint density at radius 2 is 1.33 bits per heavy atom. The molecule has 0 bridgehead atoms. The van der Waals surface area contributed by atoms with E-state index in [1.165, 1.54) is 36.4 Å². The summed E-state index contributed by atoms with van der Waals surface area (Å²) in [6.07, 6.45) is 3.39. The summed E-state index contributed by atoms with van der Waals surface area (Å²) in [5, 5.41) is 0. The molecule has 0 aliphatic rings. The van der Waals surface area contributed by atoms with Gasteiger partial charge in [-0.15, -0.1) is 0 Å². The van der Waals surface area contributed by atoms with E-state index in [1.54, 1.807) is 35.2 Å². The zero-order valence-electron chi connectivity index (χ0n) is 11.0. The first-order chi connectivity index (χ1) is 10.1. The van der Waals surface area contributed by atoms with Crippen molar-refractivity contribution in [2.75, 3.05) is 0 Å². The number of hydrogen-bond donors (Lipinski definition) is 0. The maximum absolute atomic E-state index is 12.9. The van der Waals surface area contributed by atoms with E-state index in [0.29, 0.717) is 11.1 Å². The third-order valence-corrected chi connectivity index (χ3v) is 3.19. The Kier molecular flexibility index (Phi) is 3.36. The van der Waals surface area contributed by atoms with Crippen molar-refractivity contribution < 1.29 is 13.6 Å². The predicted octanol–water partition coefficient (Wildman–Crippen LogP) is 3.99. The van der Waals surface area contributed by atoms with Crippen LogP contribution in [0.5, 0.6) is 0 Å². The molecular weight excluding hydrogens is 272 g/mol. The zero-order valence-corrected chi connectivity index (χ0v) is 11.0. The molecule has 0 saturated carbocycles. The minimum atomic E-state index is -0.379. The molecule has 0 unspecified atom stereocenters. The molecule has 1 aromatic heterocycles. The summed E-state index contributed by atoms with van der Waals surface area (Å²) in [7, 11) is 0. The smallest absolute Gasteiger partial charge is 0.194 e. The minimum Gasteiger partial charge on any atom is -0.323 e. The molecule has 0 atom stereocenters. The highest BCUT2D eigenvalue weighted by Crippen LogP contribution is 2.15. The van der Waals surface area contributed by atoms with Crippen LogP contribution in [0.2, 0.25) is 0 Å². The van der Waals surface area contributed by atoms with E-state index in [4.69, 9.17) is 0 Å². The third kappa shape index (κ3) is 2.74. The highest BCUT2D eigenvalue weighted by Gasteiger charge is 2.11. The van der Waals surface area contributed by atoms with Crippen LogP contribution in [0.3, 0.4) is 0 Å². The average molecular weight is 283 g/mol. The van der Waals surface area contributed by atoms with Gasteiger partial charge in [0.25, 0.3) is 0 Å². The second-order valence-corrected chi connectivity index (χ2v) is 4.62. The molecule has 0 aliphatic heterocycles. The van der Waals surface area contributed by atoms with Gasteiger partial charge in [-0.1, -0.05) is 0 Å². The summed E-state index contributed by atoms with van der Waals surface area (Å²) in [6.45, 7) is 0. The number of ketones is 1. The number of hydrogen-bond acceptors (Lipinski definition) is 1. The van der Waals surface area contributed by atoms with Crippen LogP contribution in [0, 0.1) is 11.6 Å². The Bertz CT molecular complexity index is 773. The first-order valence-corrected chi connectivity index (χ1v) is 6.38. The molecule has 0 fully saturated rings. The number of carbonyl (C=O) groups excluding carboxylic acids is 1. The summed E-state index contributed by atoms with van der Waals surface area (Å²) >= 11 is 0. The molecule has 0 spiro atoms. The molecule has 1 heterocycles. The van der Waals surface area contributed by atoms with Gasteiger partial charge in [-0.2, -0.15) is 0 Å². The fourth-order valence-corrected chi connectivity index (χ4v) is 2.07. The lowest BCUT2D eigenvalue weighted by Crippen LogP contribution is -2.00. The first kappa shape index (κ1) is 13.2. The van der Waals surface area contributed by atoms with Crippen molar-refractivity contribution in [2.24, 2.45) is 0 Å². The van der Waals surface area contributed by atoms with Crippen LogP contribution in [0.15, 0.2) is 67.0 Å². The maximum atomic E-state index is 12.9. The Morgan fingerprint density at radius 3 is 1.95 bits per heavy atom. The van der Waals surface area contributed by atoms with Crippen molar-refractivity contribution in [1.29, 1.82) is 0 Å². The van der Waals surface area contributed by atoms with Gasteiger partial charge in [0, 0.05) is 29.2 Å². The van der Waals surface area contributed by atoms with Crippen LogP contribution in [-0.4, -0.2) is 10.4 Å². The van der Waals surface area contributed by atoms with Crippen LogP contribution in [0.4, 0.5) is 8.78 Å². The van der Waals surface area contributed by atoms with Crippen molar-refractivity contribution in [3.8, 4) is 5.69 Å². The molecule has 4 heteroatoms. The van der Waals surface area contributed by atoms with Gasteiger partial charge in [0.2, 0.25) is 0 Å². The summed E-state index contributed by atoms with van der Waals surface area (Å²) in [6, 6.07) is 13.1. The predicted molar refractivity (Wildman–Crippen MR) is 75.6 cm³/mol. The molecule has 104 valence electrons. The van der Waals surface area contributed by atoms with Crippen LogP contribution in [-0.2, 0) is 0 Å². The molecular formula is C17H11F2NO. The fourth-order valence-electron chi connectivity index (χ4n) is 2.07. The summed E-state index contributed by atoms with van der Waals surface area (Å²) < 4.78 is 27.5. The van der Waals surface area contributed by atoms with Crippen LogP contribution in [0.25, 0.3) is 5.69 Å². The van der Waals surface area contributed by atoms with Gasteiger partial charge < -0.3 is 4.57 Å². The molecule has 0 saturated heterocycles. The Morgan fingerprint density at radius 1 is 0.762 bits per heavy atom. The van der Waals surface area contributed by atoms with E-state index < -0.39 is 0 Å². The van der Waals surface area contributed by atoms with Crippen molar-refractivity contribution in [3.05, 3.63) is 89.8 Å². The van der Waals surface area contributed by atoms with E-state index in [2.05, 4.69) is 0 Å². The number of aromatic nitrogens is 1. The average Bonchev–Trinajstić information content (AvgIpc) is 2.98. The topological polar surface area (TPSA) is 22.0 Å². The lowest BCUT2D eigenvalue weighted by molar-refractivity contribution is 0.103. The summed E-state index contributed by atoms with van der Waals surface area (Å²) in [4.78, 5) is 12.3. The standard InChI is InChI=1S/C17H11F2NO/c18-14-3-1-12(2-4-14)17(21)13-9-10-20(11-13)16-7-5-15(19)6-8-16/h1-11H. The van der Waals surface area contributed by atoms with Gasteiger partial charge in [0.1, 0.15) is 11.6 Å². The summed E-state index contributed by atoms with van der Waals surface area (Å²) in [5.41, 5.74) is 1.67. The van der Waals surface area contributed by atoms with Gasteiger partial charge in [-0.3, -0.25) is 4.79 Å². The monoisotopic (exact) mass is 283 g/mol. The van der Waals surface area contributed by atoms with Crippen LogP contribution >= 0.6 is 0 Å². The maximum Gasteiger partial charge on any atom is 0.194 e. The number of carbonyl (C=O) groups is 1. The highest BCUT2D eigenvalue weighted by molar-refractivity contribution is 6.08. The SMILES string of the molecule is O=C(c1ccc(F)cc1)c1ccn(-c2ccc(F)cc2)c1. The van der Waals surface area contributed by atoms with Crippen LogP contribution < -0.4 is 0 Å². The van der Waals surface area contributed by atoms with E-state index in [-0.39, 0.29) is 17.4 Å². The normalized spacial score (nSPS) is 10.6. The minimum absolute atomic E-state index is 0.184. The molecule has 3 aromatic rings. The lowest BCUT2D eigenvalue weighted by atomic mass is 10.1. The number of nitrogens with zero attached hydrogens (tertiary/aromatic N) is 1. The molecule has 3 rings (SSSR count). The molecule has 2 aromatic carbocycles. The van der Waals surface area contributed by atoms with Gasteiger partial charge in [0.05, 0.1) is 0 Å². The van der Waals surface area contributed by atoms with Crippen molar-refractivity contribution in [1.82, 2.24) is 4.57 Å². The molecule has 21 heavy (non-hydrogen) atoms. The molecule has 0 radical (unpaired) electrons. The van der Waals surface area contributed by atoms with Crippen molar-refractivity contribution in [3.63, 3.8) is 0 Å². The Labute approximate surface area is 120 Å². The van der Waals surface area contributed by atoms with Gasteiger partial charge in [0.15, 0.2) is 5.78 Å². The van der Waals surface area contributed by atoms with E-state index in [1.807, 2.05) is 0 Å². The van der Waals surface area contributed by atoms with E-state index in [9.17, 15) is 13.6 Å². The van der Waals surface area contributed by atoms with Crippen LogP contribution in [0.1, 0.15) is 15.9 Å². The zero-order chi connectivity index (χ0) is 14.8. The highest BCUT2D eigenvalue weighted by atomic mass is 19.1. The number of rotatable bonds is 3. The van der Waals surface area contributed by atoms with Gasteiger partial charge >= 0.3 is 0 Å². The van der Waals surface area contributed by atoms with E-state index >= 15 is 0 Å². The largest absolute Gasteiger partial charge is 0.323 e. The van der Waals surface area contributed by atoms with Crippen molar-refractivity contribution >= 4 is 5.78 Å². The first-order valence-electron chi connectivity index (χ1n) is 6.38. The van der Waals surface area contributed by atoms with Gasteiger partial charge in [-0.25, -0.2) is 8.78 Å². The van der Waals surface area contributed by atoms with Gasteiger partial charge in [-0.05, 0) is 54.6 Å². The number of halogens is 2. The molecule has 0 N–H and O–H groups in total. The lowest BCUT2D eigenvalue weighted by Gasteiger charge is -2.02. The van der Waals surface area contributed by atoms with E-state index in [0.717, 1.165) is 5.69 Å². The van der Waals surface area contributed by atoms with Crippen molar-refractivity contribution in [2.45, 2.75) is 0 Å². The fraction of sp³-hybridized carbons (Fsp3) is 0. The second kappa shape index (κ2) is 5.32. The Balaban J connectivity index is 1.89. The third-order valence-electron chi connectivity index (χ3n) is 3.19. The second-order valence-electron chi connectivity index (χ2n) is 4.62. The summed E-state index contributed by atoms with van der Waals surface area (Å²) in [5.74, 6) is -0.875. The number of benzene rings is 2. The molecule has 0 aliphatic carbocycles.